The maximum absolute atomic E-state index is 13.8. The number of alkyl halides is 1. The highest BCUT2D eigenvalue weighted by atomic mass is 19.1. The van der Waals surface area contributed by atoms with Crippen LogP contribution in [0, 0.1) is 12.7 Å². The Morgan fingerprint density at radius 2 is 1.75 bits per heavy atom. The summed E-state index contributed by atoms with van der Waals surface area (Å²) < 4.78 is 42.2. The molecule has 36 heavy (non-hydrogen) atoms. The second-order valence-corrected chi connectivity index (χ2v) is 8.42. The van der Waals surface area contributed by atoms with E-state index in [2.05, 4.69) is 4.98 Å². The fraction of sp³-hybridized carbons (Fsp3) is 0.357. The van der Waals surface area contributed by atoms with Gasteiger partial charge in [-0.3, -0.25) is 4.79 Å². The van der Waals surface area contributed by atoms with E-state index in [1.165, 1.54) is 20.3 Å². The zero-order chi connectivity index (χ0) is 26.3. The molecule has 192 valence electrons. The van der Waals surface area contributed by atoms with E-state index < -0.39 is 12.3 Å². The van der Waals surface area contributed by atoms with Crippen LogP contribution < -0.4 is 14.2 Å². The first-order valence-corrected chi connectivity index (χ1v) is 11.7. The number of rotatable bonds is 12. The number of aromatic nitrogens is 1. The molecule has 0 amide bonds. The van der Waals surface area contributed by atoms with Crippen LogP contribution in [0.4, 0.5) is 8.78 Å². The maximum Gasteiger partial charge on any atom is 0.163 e. The van der Waals surface area contributed by atoms with E-state index in [1.807, 2.05) is 6.92 Å². The molecular formula is C28H31F2NO5. The lowest BCUT2D eigenvalue weighted by Gasteiger charge is -2.27. The Kier molecular flexibility index (Phi) is 8.98. The Bertz CT molecular complexity index is 1220. The van der Waals surface area contributed by atoms with Crippen LogP contribution in [0.5, 0.6) is 17.2 Å². The Hall–Kier alpha value is -3.52. The number of nitrogens with zero attached hydrogens (tertiary/aromatic N) is 1. The lowest BCUT2D eigenvalue weighted by atomic mass is 9.88. The molecule has 8 heteroatoms. The Labute approximate surface area is 209 Å². The van der Waals surface area contributed by atoms with Gasteiger partial charge < -0.3 is 19.3 Å². The van der Waals surface area contributed by atoms with Crippen LogP contribution in [0.3, 0.4) is 0 Å². The van der Waals surface area contributed by atoms with E-state index in [4.69, 9.17) is 14.2 Å². The van der Waals surface area contributed by atoms with Gasteiger partial charge in [0.25, 0.3) is 0 Å². The zero-order valence-electron chi connectivity index (χ0n) is 20.9. The highest BCUT2D eigenvalue weighted by Crippen LogP contribution is 2.36. The molecule has 0 saturated heterocycles. The Morgan fingerprint density at radius 1 is 1.03 bits per heavy atom. The summed E-state index contributed by atoms with van der Waals surface area (Å²) in [6, 6.07) is 12.7. The molecule has 1 aromatic heterocycles. The molecule has 1 unspecified atom stereocenters. The molecule has 2 aromatic carbocycles. The Morgan fingerprint density at radius 3 is 2.39 bits per heavy atom. The molecule has 3 aromatic rings. The number of aryl methyl sites for hydroxylation is 1. The largest absolute Gasteiger partial charge is 0.494 e. The van der Waals surface area contributed by atoms with Gasteiger partial charge in [0.2, 0.25) is 0 Å². The molecule has 0 saturated carbocycles. The number of aliphatic hydroxyl groups is 1. The quantitative estimate of drug-likeness (QED) is 0.316. The van der Waals surface area contributed by atoms with Gasteiger partial charge in [0.15, 0.2) is 17.3 Å². The number of carbonyl (C=O) groups is 1. The zero-order valence-corrected chi connectivity index (χ0v) is 20.9. The minimum Gasteiger partial charge on any atom is -0.494 e. The van der Waals surface area contributed by atoms with Crippen molar-refractivity contribution in [3.8, 4) is 28.5 Å². The Balaban J connectivity index is 1.84. The first kappa shape index (κ1) is 27.1. The van der Waals surface area contributed by atoms with E-state index in [9.17, 15) is 18.7 Å². The highest BCUT2D eigenvalue weighted by molar-refractivity contribution is 5.96. The van der Waals surface area contributed by atoms with Gasteiger partial charge in [0.05, 0.1) is 19.9 Å². The topological polar surface area (TPSA) is 77.9 Å². The number of pyridine rings is 1. The second kappa shape index (κ2) is 11.9. The number of benzene rings is 2. The van der Waals surface area contributed by atoms with E-state index in [0.717, 1.165) is 0 Å². The average molecular weight is 500 g/mol. The third-order valence-electron chi connectivity index (χ3n) is 6.16. The lowest BCUT2D eigenvalue weighted by Crippen LogP contribution is -2.27. The third kappa shape index (κ3) is 5.99. The van der Waals surface area contributed by atoms with Crippen molar-refractivity contribution in [1.29, 1.82) is 0 Å². The van der Waals surface area contributed by atoms with Crippen molar-refractivity contribution in [3.63, 3.8) is 0 Å². The molecule has 1 heterocycles. The van der Waals surface area contributed by atoms with E-state index in [0.29, 0.717) is 51.7 Å². The molecule has 1 N–H and O–H groups in total. The van der Waals surface area contributed by atoms with E-state index in [1.54, 1.807) is 49.4 Å². The van der Waals surface area contributed by atoms with Crippen molar-refractivity contribution in [2.24, 2.45) is 0 Å². The van der Waals surface area contributed by atoms with Crippen molar-refractivity contribution in [2.75, 3.05) is 27.5 Å². The number of halogens is 2. The van der Waals surface area contributed by atoms with Gasteiger partial charge in [0, 0.05) is 17.5 Å². The number of ether oxygens (including phenoxy) is 3. The molecule has 6 nitrogen and oxygen atoms in total. The van der Waals surface area contributed by atoms with Crippen molar-refractivity contribution in [1.82, 2.24) is 4.98 Å². The van der Waals surface area contributed by atoms with Gasteiger partial charge >= 0.3 is 0 Å². The van der Waals surface area contributed by atoms with E-state index >= 15 is 0 Å². The fourth-order valence-electron chi connectivity index (χ4n) is 3.93. The van der Waals surface area contributed by atoms with Gasteiger partial charge in [-0.1, -0.05) is 6.92 Å². The molecule has 1 atom stereocenters. The molecule has 0 radical (unpaired) electrons. The van der Waals surface area contributed by atoms with Gasteiger partial charge in [-0.05, 0) is 73.9 Å². The summed E-state index contributed by atoms with van der Waals surface area (Å²) in [5, 5.41) is 11.5. The SMILES string of the molecule is CCC(O)(CCC(=O)c1ccc(OCCF)c(OC)c1)c1ccc(OC)c(-c2ccc(F)c(C)c2)n1. The molecule has 0 aliphatic carbocycles. The predicted octanol–water partition coefficient (Wildman–Crippen LogP) is 5.82. The van der Waals surface area contributed by atoms with Crippen LogP contribution >= 0.6 is 0 Å². The number of hydrogen-bond acceptors (Lipinski definition) is 6. The summed E-state index contributed by atoms with van der Waals surface area (Å²) in [6.07, 6.45) is 0.504. The summed E-state index contributed by atoms with van der Waals surface area (Å²) >= 11 is 0. The van der Waals surface area contributed by atoms with Gasteiger partial charge in [-0.25, -0.2) is 13.8 Å². The molecule has 3 rings (SSSR count). The van der Waals surface area contributed by atoms with Gasteiger partial charge in [-0.2, -0.15) is 0 Å². The second-order valence-electron chi connectivity index (χ2n) is 8.42. The van der Waals surface area contributed by atoms with Crippen molar-refractivity contribution < 1.29 is 32.9 Å². The normalized spacial score (nSPS) is 12.6. The number of carbonyl (C=O) groups excluding carboxylic acids is 1. The van der Waals surface area contributed by atoms with Crippen LogP contribution in [0.25, 0.3) is 11.3 Å². The molecule has 0 aliphatic rings. The highest BCUT2D eigenvalue weighted by Gasteiger charge is 2.31. The van der Waals surface area contributed by atoms with Crippen molar-refractivity contribution in [2.45, 2.75) is 38.7 Å². The van der Waals surface area contributed by atoms with Crippen LogP contribution in [-0.4, -0.2) is 43.4 Å². The smallest absolute Gasteiger partial charge is 0.163 e. The average Bonchev–Trinajstić information content (AvgIpc) is 2.91. The molecular weight excluding hydrogens is 468 g/mol. The van der Waals surface area contributed by atoms with Crippen molar-refractivity contribution >= 4 is 5.78 Å². The number of Topliss-reactive ketones (excluding diaryl/α,β-unsaturated/α-hetero) is 1. The van der Waals surface area contributed by atoms with Crippen molar-refractivity contribution in [3.05, 3.63) is 71.2 Å². The minimum atomic E-state index is -1.37. The maximum atomic E-state index is 13.8. The first-order chi connectivity index (χ1) is 17.3. The van der Waals surface area contributed by atoms with Crippen LogP contribution in [0.15, 0.2) is 48.5 Å². The van der Waals surface area contributed by atoms with Crippen LogP contribution in [0.2, 0.25) is 0 Å². The summed E-state index contributed by atoms with van der Waals surface area (Å²) in [5.41, 5.74) is 1.01. The number of ketones is 1. The molecule has 0 fully saturated rings. The minimum absolute atomic E-state index is 0.0525. The molecule has 0 aliphatic heterocycles. The summed E-state index contributed by atoms with van der Waals surface area (Å²) in [7, 11) is 2.96. The number of methoxy groups -OCH3 is 2. The number of hydrogen-bond donors (Lipinski definition) is 1. The summed E-state index contributed by atoms with van der Waals surface area (Å²) in [5.74, 6) is 0.650. The third-order valence-corrected chi connectivity index (χ3v) is 6.16. The van der Waals surface area contributed by atoms with Gasteiger partial charge in [0.1, 0.15) is 36.1 Å². The first-order valence-electron chi connectivity index (χ1n) is 11.7. The summed E-state index contributed by atoms with van der Waals surface area (Å²) in [4.78, 5) is 17.6. The lowest BCUT2D eigenvalue weighted by molar-refractivity contribution is 0.0172. The van der Waals surface area contributed by atoms with E-state index in [-0.39, 0.29) is 31.0 Å². The predicted molar refractivity (Wildman–Crippen MR) is 133 cm³/mol. The standard InChI is InChI=1S/C28H31F2NO5/c1-5-28(33,13-12-22(32)19-7-9-23(36-15-14-29)25(17-19)35-4)26-11-10-24(34-3)27(31-26)20-6-8-21(30)18(2)16-20/h6-11,16-17,33H,5,12-15H2,1-4H3. The summed E-state index contributed by atoms with van der Waals surface area (Å²) in [6.45, 7) is 2.73. The van der Waals surface area contributed by atoms with Crippen LogP contribution in [0.1, 0.15) is 47.8 Å². The molecule has 0 bridgehead atoms. The fourth-order valence-corrected chi connectivity index (χ4v) is 3.93. The monoisotopic (exact) mass is 499 g/mol. The molecule has 0 spiro atoms. The van der Waals surface area contributed by atoms with Gasteiger partial charge in [-0.15, -0.1) is 0 Å². The van der Waals surface area contributed by atoms with Crippen LogP contribution in [-0.2, 0) is 5.60 Å².